The van der Waals surface area contributed by atoms with E-state index in [1.165, 1.54) is 0 Å². The van der Waals surface area contributed by atoms with Gasteiger partial charge in [-0.15, -0.1) is 0 Å². The van der Waals surface area contributed by atoms with Gasteiger partial charge in [-0.25, -0.2) is 0 Å². The molecule has 0 saturated heterocycles. The minimum absolute atomic E-state index is 0.242. The molecule has 2 rings (SSSR count). The first-order chi connectivity index (χ1) is 11.4. The Morgan fingerprint density at radius 1 is 1.04 bits per heavy atom. The fourth-order valence-electron chi connectivity index (χ4n) is 2.08. The second-order valence-corrected chi connectivity index (χ2v) is 5.89. The molecule has 2 aromatic carbocycles. The van der Waals surface area contributed by atoms with Gasteiger partial charge in [0.2, 0.25) is 5.91 Å². The number of hydrogen-bond acceptors (Lipinski definition) is 4. The van der Waals surface area contributed by atoms with Crippen molar-refractivity contribution in [2.24, 2.45) is 0 Å². The largest absolute Gasteiger partial charge is 0.493 e. The van der Waals surface area contributed by atoms with Crippen LogP contribution in [0, 0.1) is 0 Å². The van der Waals surface area contributed by atoms with Gasteiger partial charge in [0.05, 0.1) is 24.9 Å². The molecule has 0 aliphatic rings. The zero-order chi connectivity index (χ0) is 17.7. The van der Waals surface area contributed by atoms with E-state index in [4.69, 9.17) is 32.7 Å². The molecule has 24 heavy (non-hydrogen) atoms. The summed E-state index contributed by atoms with van der Waals surface area (Å²) in [5.74, 6) is 0.952. The van der Waals surface area contributed by atoms with E-state index < -0.39 is 6.04 Å². The Bertz CT molecular complexity index is 738. The first kappa shape index (κ1) is 18.2. The molecule has 2 N–H and O–H groups in total. The van der Waals surface area contributed by atoms with Crippen LogP contribution in [0.1, 0.15) is 6.92 Å². The zero-order valence-electron chi connectivity index (χ0n) is 13.5. The topological polar surface area (TPSA) is 59.6 Å². The molecule has 0 aromatic heterocycles. The molecular formula is C17H18Cl2N2O3. The molecule has 0 aliphatic heterocycles. The number of anilines is 2. The van der Waals surface area contributed by atoms with Crippen molar-refractivity contribution in [2.45, 2.75) is 13.0 Å². The van der Waals surface area contributed by atoms with Gasteiger partial charge in [-0.1, -0.05) is 23.2 Å². The van der Waals surface area contributed by atoms with Crippen LogP contribution in [0.15, 0.2) is 36.4 Å². The van der Waals surface area contributed by atoms with Gasteiger partial charge in [0.15, 0.2) is 11.5 Å². The van der Waals surface area contributed by atoms with Crippen LogP contribution in [-0.2, 0) is 4.79 Å². The number of methoxy groups -OCH3 is 2. The van der Waals surface area contributed by atoms with Gasteiger partial charge in [-0.05, 0) is 37.3 Å². The Morgan fingerprint density at radius 3 is 2.42 bits per heavy atom. The molecule has 0 saturated carbocycles. The standard InChI is InChI=1S/C17H18Cl2N2O3/c1-10(17(22)21-14-8-11(18)4-6-13(14)19)20-12-5-7-15(23-2)16(9-12)24-3/h4-10,20H,1-3H3,(H,21,22). The lowest BCUT2D eigenvalue weighted by Gasteiger charge is -2.17. The van der Waals surface area contributed by atoms with Crippen LogP contribution in [0.25, 0.3) is 0 Å². The maximum absolute atomic E-state index is 12.3. The number of nitrogens with one attached hydrogen (secondary N) is 2. The van der Waals surface area contributed by atoms with E-state index in [2.05, 4.69) is 10.6 Å². The first-order valence-electron chi connectivity index (χ1n) is 7.19. The van der Waals surface area contributed by atoms with Crippen LogP contribution >= 0.6 is 23.2 Å². The predicted molar refractivity (Wildman–Crippen MR) is 97.7 cm³/mol. The normalized spacial score (nSPS) is 11.5. The van der Waals surface area contributed by atoms with Gasteiger partial charge >= 0.3 is 0 Å². The van der Waals surface area contributed by atoms with Crippen molar-refractivity contribution in [1.82, 2.24) is 0 Å². The second-order valence-electron chi connectivity index (χ2n) is 5.05. The molecular weight excluding hydrogens is 351 g/mol. The number of hydrogen-bond donors (Lipinski definition) is 2. The molecule has 0 bridgehead atoms. The molecule has 0 fully saturated rings. The number of carbonyl (C=O) groups is 1. The molecule has 0 heterocycles. The molecule has 1 atom stereocenters. The number of carbonyl (C=O) groups excluding carboxylic acids is 1. The van der Waals surface area contributed by atoms with Gasteiger partial charge in [0.25, 0.3) is 0 Å². The van der Waals surface area contributed by atoms with Crippen molar-refractivity contribution in [3.05, 3.63) is 46.4 Å². The van der Waals surface area contributed by atoms with E-state index in [0.717, 1.165) is 5.69 Å². The molecule has 2 aromatic rings. The summed E-state index contributed by atoms with van der Waals surface area (Å²) in [7, 11) is 3.12. The van der Waals surface area contributed by atoms with Crippen LogP contribution < -0.4 is 20.1 Å². The summed E-state index contributed by atoms with van der Waals surface area (Å²) in [5, 5.41) is 6.76. The van der Waals surface area contributed by atoms with E-state index in [1.54, 1.807) is 57.5 Å². The molecule has 5 nitrogen and oxygen atoms in total. The predicted octanol–water partition coefficient (Wildman–Crippen LogP) is 4.45. The fourth-order valence-corrected chi connectivity index (χ4v) is 2.41. The summed E-state index contributed by atoms with van der Waals surface area (Å²) in [4.78, 5) is 12.3. The van der Waals surface area contributed by atoms with Crippen LogP contribution in [0.4, 0.5) is 11.4 Å². The molecule has 0 spiro atoms. The number of halogens is 2. The van der Waals surface area contributed by atoms with Crippen molar-refractivity contribution >= 4 is 40.5 Å². The third kappa shape index (κ3) is 4.46. The highest BCUT2D eigenvalue weighted by atomic mass is 35.5. The number of rotatable bonds is 6. The average Bonchev–Trinajstić information content (AvgIpc) is 2.57. The van der Waals surface area contributed by atoms with Crippen molar-refractivity contribution < 1.29 is 14.3 Å². The minimum atomic E-state index is -0.502. The van der Waals surface area contributed by atoms with Gasteiger partial charge < -0.3 is 20.1 Å². The summed E-state index contributed by atoms with van der Waals surface area (Å²) in [6, 6.07) is 9.71. The molecule has 128 valence electrons. The maximum Gasteiger partial charge on any atom is 0.246 e. The summed E-state index contributed by atoms with van der Waals surface area (Å²) >= 11 is 12.0. The van der Waals surface area contributed by atoms with Crippen LogP contribution in [-0.4, -0.2) is 26.2 Å². The molecule has 0 aliphatic carbocycles. The highest BCUT2D eigenvalue weighted by Crippen LogP contribution is 2.30. The summed E-state index contributed by atoms with van der Waals surface area (Å²) in [5.41, 5.74) is 1.20. The maximum atomic E-state index is 12.3. The third-order valence-electron chi connectivity index (χ3n) is 3.35. The molecule has 7 heteroatoms. The molecule has 0 radical (unpaired) electrons. The van der Waals surface area contributed by atoms with Crippen LogP contribution in [0.3, 0.4) is 0 Å². The SMILES string of the molecule is COc1ccc(NC(C)C(=O)Nc2cc(Cl)ccc2Cl)cc1OC. The Hall–Kier alpha value is -2.11. The van der Waals surface area contributed by atoms with Gasteiger partial charge in [0, 0.05) is 16.8 Å². The molecule has 1 unspecified atom stereocenters. The Labute approximate surface area is 150 Å². The Balaban J connectivity index is 2.07. The van der Waals surface area contributed by atoms with E-state index >= 15 is 0 Å². The Morgan fingerprint density at radius 2 is 1.75 bits per heavy atom. The third-order valence-corrected chi connectivity index (χ3v) is 3.91. The van der Waals surface area contributed by atoms with Gasteiger partial charge in [0.1, 0.15) is 6.04 Å². The van der Waals surface area contributed by atoms with E-state index in [1.807, 2.05) is 0 Å². The average molecular weight is 369 g/mol. The van der Waals surface area contributed by atoms with Crippen molar-refractivity contribution in [3.63, 3.8) is 0 Å². The lowest BCUT2D eigenvalue weighted by Crippen LogP contribution is -2.31. The summed E-state index contributed by atoms with van der Waals surface area (Å²) in [6.07, 6.45) is 0. The first-order valence-corrected chi connectivity index (χ1v) is 7.94. The molecule has 1 amide bonds. The van der Waals surface area contributed by atoms with Crippen LogP contribution in [0.5, 0.6) is 11.5 Å². The van der Waals surface area contributed by atoms with Crippen molar-refractivity contribution in [1.29, 1.82) is 0 Å². The summed E-state index contributed by atoms with van der Waals surface area (Å²) < 4.78 is 10.4. The minimum Gasteiger partial charge on any atom is -0.493 e. The lowest BCUT2D eigenvalue weighted by molar-refractivity contribution is -0.116. The highest BCUT2D eigenvalue weighted by Gasteiger charge is 2.15. The van der Waals surface area contributed by atoms with Crippen LogP contribution in [0.2, 0.25) is 10.0 Å². The fraction of sp³-hybridized carbons (Fsp3) is 0.235. The summed E-state index contributed by atoms with van der Waals surface area (Å²) in [6.45, 7) is 1.74. The van der Waals surface area contributed by atoms with Crippen molar-refractivity contribution in [2.75, 3.05) is 24.9 Å². The van der Waals surface area contributed by atoms with Gasteiger partial charge in [-0.2, -0.15) is 0 Å². The van der Waals surface area contributed by atoms with E-state index in [9.17, 15) is 4.79 Å². The number of amides is 1. The monoisotopic (exact) mass is 368 g/mol. The smallest absolute Gasteiger partial charge is 0.246 e. The number of benzene rings is 2. The zero-order valence-corrected chi connectivity index (χ0v) is 15.0. The van der Waals surface area contributed by atoms with Gasteiger partial charge in [-0.3, -0.25) is 4.79 Å². The second kappa shape index (κ2) is 8.13. The van der Waals surface area contributed by atoms with E-state index in [0.29, 0.717) is 27.2 Å². The highest BCUT2D eigenvalue weighted by molar-refractivity contribution is 6.35. The quantitative estimate of drug-likeness (QED) is 0.790. The number of ether oxygens (including phenoxy) is 2. The Kier molecular flexibility index (Phi) is 6.17. The van der Waals surface area contributed by atoms with Crippen molar-refractivity contribution in [3.8, 4) is 11.5 Å². The lowest BCUT2D eigenvalue weighted by atomic mass is 10.2. The van der Waals surface area contributed by atoms with E-state index in [-0.39, 0.29) is 5.91 Å².